The summed E-state index contributed by atoms with van der Waals surface area (Å²) in [5, 5.41) is 8.55. The highest BCUT2D eigenvalue weighted by Gasteiger charge is 2.26. The molecule has 2 aromatic heterocycles. The first-order chi connectivity index (χ1) is 11.8. The molecule has 0 amide bonds. The van der Waals surface area contributed by atoms with E-state index in [4.69, 9.17) is 4.42 Å². The molecule has 4 rings (SSSR count). The maximum absolute atomic E-state index is 5.97. The Balaban J connectivity index is 1.46. The molecule has 1 aliphatic heterocycles. The second kappa shape index (κ2) is 6.83. The fraction of sp³-hybridized carbons (Fsp3) is 0.389. The topological polar surface area (TPSA) is 55.1 Å². The number of hydrogen-bond donors (Lipinski definition) is 0. The van der Waals surface area contributed by atoms with Crippen LogP contribution in [-0.4, -0.2) is 33.2 Å². The van der Waals surface area contributed by atoms with E-state index in [1.165, 1.54) is 5.56 Å². The normalized spacial score (nSPS) is 18.8. The highest BCUT2D eigenvalue weighted by atomic mass is 32.1. The van der Waals surface area contributed by atoms with Gasteiger partial charge in [-0.05, 0) is 31.9 Å². The molecule has 1 aromatic carbocycles. The van der Waals surface area contributed by atoms with Gasteiger partial charge in [-0.25, -0.2) is 4.98 Å². The number of thiazole rings is 1. The highest BCUT2D eigenvalue weighted by molar-refractivity contribution is 7.13. The average Bonchev–Trinajstić information content (AvgIpc) is 3.25. The van der Waals surface area contributed by atoms with Crippen LogP contribution in [0.1, 0.15) is 35.9 Å². The lowest BCUT2D eigenvalue weighted by Gasteiger charge is -2.31. The summed E-state index contributed by atoms with van der Waals surface area (Å²) in [7, 11) is 0. The van der Waals surface area contributed by atoms with Gasteiger partial charge in [0.2, 0.25) is 5.89 Å². The van der Waals surface area contributed by atoms with E-state index in [2.05, 4.69) is 50.4 Å². The van der Waals surface area contributed by atoms with Gasteiger partial charge in [-0.3, -0.25) is 4.90 Å². The molecule has 3 aromatic rings. The van der Waals surface area contributed by atoms with Crippen molar-refractivity contribution in [1.29, 1.82) is 0 Å². The van der Waals surface area contributed by atoms with Crippen molar-refractivity contribution in [3.8, 4) is 10.8 Å². The monoisotopic (exact) mass is 340 g/mol. The molecule has 0 bridgehead atoms. The van der Waals surface area contributed by atoms with Crippen LogP contribution >= 0.6 is 11.3 Å². The van der Waals surface area contributed by atoms with Crippen LogP contribution < -0.4 is 0 Å². The lowest BCUT2D eigenvalue weighted by molar-refractivity contribution is 0.186. The molecular weight excluding hydrogens is 320 g/mol. The molecule has 124 valence electrons. The second-order valence-corrected chi connectivity index (χ2v) is 7.13. The number of rotatable bonds is 4. The smallest absolute Gasteiger partial charge is 0.259 e. The zero-order valence-electron chi connectivity index (χ0n) is 13.7. The number of likely N-dealkylation sites (tertiary alicyclic amines) is 1. The number of hydrogen-bond acceptors (Lipinski definition) is 6. The molecule has 1 aliphatic rings. The lowest BCUT2D eigenvalue weighted by Crippen LogP contribution is -2.34. The van der Waals surface area contributed by atoms with Crippen molar-refractivity contribution in [1.82, 2.24) is 20.1 Å². The summed E-state index contributed by atoms with van der Waals surface area (Å²) in [6, 6.07) is 10.6. The van der Waals surface area contributed by atoms with Crippen molar-refractivity contribution in [3.63, 3.8) is 0 Å². The van der Waals surface area contributed by atoms with Crippen molar-refractivity contribution >= 4 is 11.3 Å². The Kier molecular flexibility index (Phi) is 4.40. The third-order valence-electron chi connectivity index (χ3n) is 4.48. The van der Waals surface area contributed by atoms with Gasteiger partial charge in [-0.1, -0.05) is 30.3 Å². The average molecular weight is 340 g/mol. The second-order valence-electron chi connectivity index (χ2n) is 6.27. The van der Waals surface area contributed by atoms with Gasteiger partial charge in [0.15, 0.2) is 0 Å². The van der Waals surface area contributed by atoms with Crippen LogP contribution in [0.3, 0.4) is 0 Å². The first kappa shape index (κ1) is 15.5. The summed E-state index contributed by atoms with van der Waals surface area (Å²) in [5.74, 6) is 1.68. The Labute approximate surface area is 145 Å². The zero-order chi connectivity index (χ0) is 16.4. The molecular formula is C18H20N4OS. The van der Waals surface area contributed by atoms with E-state index < -0.39 is 0 Å². The molecule has 5 nitrogen and oxygen atoms in total. The fourth-order valence-electron chi connectivity index (χ4n) is 3.24. The van der Waals surface area contributed by atoms with Gasteiger partial charge in [0.05, 0.1) is 17.1 Å². The van der Waals surface area contributed by atoms with Crippen molar-refractivity contribution in [3.05, 3.63) is 53.0 Å². The standard InChI is InChI=1S/C18H20N4OS/c1-13-16(24-12-19-13)18-21-20-17(23-18)15-8-5-9-22(11-15)10-14-6-3-2-4-7-14/h2-4,6-7,12,15H,5,8-11H2,1H3/t15-/m1/s1. The maximum atomic E-state index is 5.97. The fourth-order valence-corrected chi connectivity index (χ4v) is 3.96. The number of benzene rings is 1. The quantitative estimate of drug-likeness (QED) is 0.721. The van der Waals surface area contributed by atoms with Crippen LogP contribution in [0.15, 0.2) is 40.3 Å². The predicted octanol–water partition coefficient (Wildman–Crippen LogP) is 3.88. The van der Waals surface area contributed by atoms with Crippen LogP contribution in [0, 0.1) is 6.92 Å². The molecule has 0 radical (unpaired) electrons. The summed E-state index contributed by atoms with van der Waals surface area (Å²) in [5.41, 5.74) is 4.12. The largest absolute Gasteiger partial charge is 0.419 e. The van der Waals surface area contributed by atoms with Gasteiger partial charge in [-0.15, -0.1) is 21.5 Å². The Bertz CT molecular complexity index is 798. The molecule has 1 saturated heterocycles. The van der Waals surface area contributed by atoms with Crippen molar-refractivity contribution in [2.45, 2.75) is 32.2 Å². The molecule has 24 heavy (non-hydrogen) atoms. The van der Waals surface area contributed by atoms with Crippen molar-refractivity contribution in [2.75, 3.05) is 13.1 Å². The first-order valence-corrected chi connectivity index (χ1v) is 9.17. The van der Waals surface area contributed by atoms with Crippen LogP contribution in [-0.2, 0) is 6.54 Å². The molecule has 0 aliphatic carbocycles. The molecule has 0 spiro atoms. The first-order valence-electron chi connectivity index (χ1n) is 8.30. The zero-order valence-corrected chi connectivity index (χ0v) is 14.5. The number of piperidine rings is 1. The molecule has 6 heteroatoms. The van der Waals surface area contributed by atoms with E-state index in [1.54, 1.807) is 11.3 Å². The SMILES string of the molecule is Cc1ncsc1-c1nnc([C@@H]2CCCN(Cc3ccccc3)C2)o1. The van der Waals surface area contributed by atoms with E-state index in [0.717, 1.165) is 48.9 Å². The van der Waals surface area contributed by atoms with E-state index >= 15 is 0 Å². The Morgan fingerprint density at radius 2 is 2.12 bits per heavy atom. The van der Waals surface area contributed by atoms with E-state index in [0.29, 0.717) is 11.8 Å². The number of aryl methyl sites for hydroxylation is 1. The van der Waals surface area contributed by atoms with Gasteiger partial charge in [0, 0.05) is 13.1 Å². The van der Waals surface area contributed by atoms with Crippen molar-refractivity contribution < 1.29 is 4.42 Å². The minimum atomic E-state index is 0.317. The molecule has 1 fully saturated rings. The summed E-state index contributed by atoms with van der Waals surface area (Å²) < 4.78 is 5.97. The summed E-state index contributed by atoms with van der Waals surface area (Å²) >= 11 is 1.55. The molecule has 3 heterocycles. The van der Waals surface area contributed by atoms with E-state index in [-0.39, 0.29) is 0 Å². The predicted molar refractivity (Wildman–Crippen MR) is 93.8 cm³/mol. The summed E-state index contributed by atoms with van der Waals surface area (Å²) in [6.45, 7) is 5.04. The third kappa shape index (κ3) is 3.25. The molecule has 0 N–H and O–H groups in total. The molecule has 0 saturated carbocycles. The Hall–Kier alpha value is -2.05. The van der Waals surface area contributed by atoms with E-state index in [9.17, 15) is 0 Å². The van der Waals surface area contributed by atoms with Crippen LogP contribution in [0.25, 0.3) is 10.8 Å². The highest BCUT2D eigenvalue weighted by Crippen LogP contribution is 2.31. The van der Waals surface area contributed by atoms with Crippen LogP contribution in [0.2, 0.25) is 0 Å². The minimum Gasteiger partial charge on any atom is -0.419 e. The van der Waals surface area contributed by atoms with Crippen LogP contribution in [0.5, 0.6) is 0 Å². The number of nitrogens with zero attached hydrogens (tertiary/aromatic N) is 4. The summed E-state index contributed by atoms with van der Waals surface area (Å²) in [4.78, 5) is 7.71. The lowest BCUT2D eigenvalue weighted by atomic mass is 9.97. The van der Waals surface area contributed by atoms with Gasteiger partial charge < -0.3 is 4.42 Å². The van der Waals surface area contributed by atoms with Gasteiger partial charge >= 0.3 is 0 Å². The Morgan fingerprint density at radius 3 is 2.92 bits per heavy atom. The van der Waals surface area contributed by atoms with Crippen molar-refractivity contribution in [2.24, 2.45) is 0 Å². The summed E-state index contributed by atoms with van der Waals surface area (Å²) in [6.07, 6.45) is 2.27. The van der Waals surface area contributed by atoms with Crippen LogP contribution in [0.4, 0.5) is 0 Å². The maximum Gasteiger partial charge on any atom is 0.259 e. The van der Waals surface area contributed by atoms with E-state index in [1.807, 2.05) is 12.4 Å². The Morgan fingerprint density at radius 1 is 1.25 bits per heavy atom. The number of aromatic nitrogens is 3. The minimum absolute atomic E-state index is 0.317. The molecule has 1 atom stereocenters. The van der Waals surface area contributed by atoms with Gasteiger partial charge in [-0.2, -0.15) is 0 Å². The van der Waals surface area contributed by atoms with Gasteiger partial charge in [0.1, 0.15) is 4.88 Å². The molecule has 0 unspecified atom stereocenters. The third-order valence-corrected chi connectivity index (χ3v) is 5.40. The van der Waals surface area contributed by atoms with Gasteiger partial charge in [0.25, 0.3) is 5.89 Å².